The molecule has 0 fully saturated rings. The third-order valence-electron chi connectivity index (χ3n) is 5.34. The summed E-state index contributed by atoms with van der Waals surface area (Å²) in [7, 11) is 0. The molecule has 0 amide bonds. The molecule has 2 heteroatoms. The fourth-order valence-electron chi connectivity index (χ4n) is 3.88. The zero-order chi connectivity index (χ0) is 19.2. The van der Waals surface area contributed by atoms with Crippen molar-refractivity contribution in [3.05, 3.63) is 94.8 Å². The SMILES string of the molecule is CC(C)=CCCC1=CC[C@@H](C(=O)c2ccc(F)cc2)[C@H](c2ccccc2)C1. The third-order valence-corrected chi connectivity index (χ3v) is 5.34. The number of hydrogen-bond acceptors (Lipinski definition) is 1. The average Bonchev–Trinajstić information content (AvgIpc) is 2.68. The molecule has 0 saturated carbocycles. The molecular weight excluding hydrogens is 335 g/mol. The molecule has 0 aromatic heterocycles. The molecule has 27 heavy (non-hydrogen) atoms. The van der Waals surface area contributed by atoms with Crippen LogP contribution in [0, 0.1) is 11.7 Å². The van der Waals surface area contributed by atoms with Gasteiger partial charge < -0.3 is 0 Å². The smallest absolute Gasteiger partial charge is 0.166 e. The van der Waals surface area contributed by atoms with Crippen molar-refractivity contribution in [2.45, 2.75) is 45.4 Å². The minimum absolute atomic E-state index is 0.0925. The number of benzene rings is 2. The number of allylic oxidation sites excluding steroid dienone is 4. The minimum Gasteiger partial charge on any atom is -0.294 e. The molecule has 0 heterocycles. The van der Waals surface area contributed by atoms with E-state index >= 15 is 0 Å². The molecule has 1 aliphatic carbocycles. The predicted octanol–water partition coefficient (Wildman–Crippen LogP) is 6.88. The Morgan fingerprint density at radius 2 is 1.78 bits per heavy atom. The number of carbonyl (C=O) groups excluding carboxylic acids is 1. The lowest BCUT2D eigenvalue weighted by molar-refractivity contribution is 0.0895. The zero-order valence-electron chi connectivity index (χ0n) is 16.1. The van der Waals surface area contributed by atoms with E-state index in [-0.39, 0.29) is 23.4 Å². The van der Waals surface area contributed by atoms with Crippen molar-refractivity contribution >= 4 is 5.78 Å². The van der Waals surface area contributed by atoms with Crippen LogP contribution in [-0.4, -0.2) is 5.78 Å². The molecule has 1 aliphatic rings. The average molecular weight is 362 g/mol. The Hall–Kier alpha value is -2.48. The highest BCUT2D eigenvalue weighted by Crippen LogP contribution is 2.40. The first kappa shape index (κ1) is 19.3. The van der Waals surface area contributed by atoms with E-state index < -0.39 is 0 Å². The number of Topliss-reactive ketones (excluding diaryl/α,β-unsaturated/α-hetero) is 1. The summed E-state index contributed by atoms with van der Waals surface area (Å²) in [6.45, 7) is 4.25. The van der Waals surface area contributed by atoms with Crippen LogP contribution >= 0.6 is 0 Å². The highest BCUT2D eigenvalue weighted by molar-refractivity contribution is 5.98. The maximum atomic E-state index is 13.2. The first-order valence-electron chi connectivity index (χ1n) is 9.70. The summed E-state index contributed by atoms with van der Waals surface area (Å²) in [4.78, 5) is 13.1. The Bertz CT molecular complexity index is 826. The summed E-state index contributed by atoms with van der Waals surface area (Å²) in [5, 5.41) is 0. The van der Waals surface area contributed by atoms with Gasteiger partial charge in [0.1, 0.15) is 5.82 Å². The monoisotopic (exact) mass is 362 g/mol. The van der Waals surface area contributed by atoms with Crippen LogP contribution in [0.15, 0.2) is 77.9 Å². The van der Waals surface area contributed by atoms with Crippen LogP contribution in [0.4, 0.5) is 4.39 Å². The Morgan fingerprint density at radius 3 is 2.44 bits per heavy atom. The predicted molar refractivity (Wildman–Crippen MR) is 109 cm³/mol. The van der Waals surface area contributed by atoms with E-state index in [9.17, 15) is 9.18 Å². The van der Waals surface area contributed by atoms with Crippen molar-refractivity contribution in [3.8, 4) is 0 Å². The molecule has 0 spiro atoms. The normalized spacial score (nSPS) is 19.3. The highest BCUT2D eigenvalue weighted by atomic mass is 19.1. The molecule has 0 saturated heterocycles. The maximum absolute atomic E-state index is 13.2. The van der Waals surface area contributed by atoms with E-state index in [1.54, 1.807) is 12.1 Å². The molecule has 2 aromatic rings. The van der Waals surface area contributed by atoms with E-state index in [1.165, 1.54) is 28.8 Å². The second-order valence-corrected chi connectivity index (χ2v) is 7.62. The second-order valence-electron chi connectivity index (χ2n) is 7.62. The van der Waals surface area contributed by atoms with Gasteiger partial charge in [-0.05, 0) is 75.3 Å². The van der Waals surface area contributed by atoms with Crippen molar-refractivity contribution in [2.75, 3.05) is 0 Å². The Kier molecular flexibility index (Phi) is 6.39. The Labute approximate surface area is 161 Å². The first-order valence-corrected chi connectivity index (χ1v) is 9.70. The van der Waals surface area contributed by atoms with Gasteiger partial charge in [-0.1, -0.05) is 53.6 Å². The number of carbonyl (C=O) groups is 1. The summed E-state index contributed by atoms with van der Waals surface area (Å²) < 4.78 is 13.2. The molecule has 0 aliphatic heterocycles. The van der Waals surface area contributed by atoms with Gasteiger partial charge in [0.05, 0.1) is 0 Å². The maximum Gasteiger partial charge on any atom is 0.166 e. The van der Waals surface area contributed by atoms with Crippen LogP contribution in [0.5, 0.6) is 0 Å². The minimum atomic E-state index is -0.309. The van der Waals surface area contributed by atoms with E-state index in [2.05, 4.69) is 38.1 Å². The van der Waals surface area contributed by atoms with Crippen LogP contribution in [0.2, 0.25) is 0 Å². The van der Waals surface area contributed by atoms with Crippen molar-refractivity contribution in [1.29, 1.82) is 0 Å². The number of rotatable bonds is 6. The summed E-state index contributed by atoms with van der Waals surface area (Å²) >= 11 is 0. The summed E-state index contributed by atoms with van der Waals surface area (Å²) in [5.74, 6) is -0.111. The molecule has 0 bridgehead atoms. The van der Waals surface area contributed by atoms with Crippen LogP contribution in [-0.2, 0) is 0 Å². The van der Waals surface area contributed by atoms with Gasteiger partial charge in [0, 0.05) is 11.5 Å². The van der Waals surface area contributed by atoms with E-state index in [0.29, 0.717) is 5.56 Å². The summed E-state index contributed by atoms with van der Waals surface area (Å²) in [5.41, 5.74) is 4.59. The van der Waals surface area contributed by atoms with Crippen molar-refractivity contribution in [2.24, 2.45) is 5.92 Å². The first-order chi connectivity index (χ1) is 13.0. The van der Waals surface area contributed by atoms with Gasteiger partial charge >= 0.3 is 0 Å². The fourth-order valence-corrected chi connectivity index (χ4v) is 3.88. The van der Waals surface area contributed by atoms with Gasteiger partial charge in [-0.25, -0.2) is 4.39 Å². The molecular formula is C25H27FO. The van der Waals surface area contributed by atoms with Gasteiger partial charge in [0.2, 0.25) is 0 Å². The molecule has 140 valence electrons. The summed E-state index contributed by atoms with van der Waals surface area (Å²) in [6.07, 6.45) is 8.29. The van der Waals surface area contributed by atoms with Crippen LogP contribution in [0.3, 0.4) is 0 Å². The third kappa shape index (κ3) is 5.03. The van der Waals surface area contributed by atoms with E-state index in [4.69, 9.17) is 0 Å². The van der Waals surface area contributed by atoms with Crippen LogP contribution < -0.4 is 0 Å². The topological polar surface area (TPSA) is 17.1 Å². The highest BCUT2D eigenvalue weighted by Gasteiger charge is 2.32. The lowest BCUT2D eigenvalue weighted by atomic mass is 9.72. The standard InChI is InChI=1S/C25H27FO/c1-18(2)7-6-8-19-11-16-23(24(17-19)20-9-4-3-5-10-20)25(27)21-12-14-22(26)15-13-21/h3-5,7,9-15,23-24H,6,8,16-17H2,1-2H3/t23-,24+/m1/s1. The second kappa shape index (κ2) is 8.94. The fraction of sp³-hybridized carbons (Fsp3) is 0.320. The largest absolute Gasteiger partial charge is 0.294 e. The zero-order valence-corrected chi connectivity index (χ0v) is 16.1. The molecule has 2 aromatic carbocycles. The van der Waals surface area contributed by atoms with Gasteiger partial charge in [0.25, 0.3) is 0 Å². The molecule has 1 nitrogen and oxygen atoms in total. The lowest BCUT2D eigenvalue weighted by Gasteiger charge is -2.31. The summed E-state index contributed by atoms with van der Waals surface area (Å²) in [6, 6.07) is 16.3. The van der Waals surface area contributed by atoms with E-state index in [1.807, 2.05) is 18.2 Å². The van der Waals surface area contributed by atoms with Crippen LogP contribution in [0.25, 0.3) is 0 Å². The van der Waals surface area contributed by atoms with Gasteiger partial charge in [-0.3, -0.25) is 4.79 Å². The molecule has 0 unspecified atom stereocenters. The van der Waals surface area contributed by atoms with Gasteiger partial charge in [-0.2, -0.15) is 0 Å². The molecule has 0 radical (unpaired) electrons. The number of halogens is 1. The van der Waals surface area contributed by atoms with Gasteiger partial charge in [0.15, 0.2) is 5.78 Å². The van der Waals surface area contributed by atoms with Crippen molar-refractivity contribution < 1.29 is 9.18 Å². The lowest BCUT2D eigenvalue weighted by Crippen LogP contribution is -2.25. The van der Waals surface area contributed by atoms with E-state index in [0.717, 1.165) is 25.7 Å². The number of ketones is 1. The molecule has 2 atom stereocenters. The van der Waals surface area contributed by atoms with Crippen molar-refractivity contribution in [3.63, 3.8) is 0 Å². The Balaban J connectivity index is 1.84. The van der Waals surface area contributed by atoms with Gasteiger partial charge in [-0.15, -0.1) is 0 Å². The van der Waals surface area contributed by atoms with Crippen molar-refractivity contribution in [1.82, 2.24) is 0 Å². The quantitative estimate of drug-likeness (QED) is 0.404. The van der Waals surface area contributed by atoms with Crippen LogP contribution in [0.1, 0.15) is 61.4 Å². The number of hydrogen-bond donors (Lipinski definition) is 0. The Morgan fingerprint density at radius 1 is 1.07 bits per heavy atom. The molecule has 0 N–H and O–H groups in total. The molecule has 3 rings (SSSR count).